The van der Waals surface area contributed by atoms with E-state index in [1.807, 2.05) is 45.6 Å². The molecular weight excluding hydrogens is 278 g/mol. The molecule has 0 aliphatic rings. The van der Waals surface area contributed by atoms with Crippen molar-refractivity contribution in [1.82, 2.24) is 10.2 Å². The predicted octanol–water partition coefficient (Wildman–Crippen LogP) is 2.49. The van der Waals surface area contributed by atoms with Crippen LogP contribution in [0.3, 0.4) is 0 Å². The zero-order chi connectivity index (χ0) is 16.9. The lowest BCUT2D eigenvalue weighted by Gasteiger charge is -2.33. The number of nitrogens with one attached hydrogen (secondary N) is 2. The molecule has 0 spiro atoms. The van der Waals surface area contributed by atoms with Crippen molar-refractivity contribution < 1.29 is 9.59 Å². The third-order valence-electron chi connectivity index (χ3n) is 3.47. The van der Waals surface area contributed by atoms with Gasteiger partial charge in [-0.25, -0.2) is 0 Å². The van der Waals surface area contributed by atoms with Crippen LogP contribution in [0.5, 0.6) is 0 Å². The highest BCUT2D eigenvalue weighted by molar-refractivity contribution is 5.95. The molecule has 5 nitrogen and oxygen atoms in total. The van der Waals surface area contributed by atoms with Gasteiger partial charge >= 0.3 is 0 Å². The Labute approximate surface area is 133 Å². The Morgan fingerprint density at radius 2 is 1.64 bits per heavy atom. The second kappa shape index (κ2) is 7.82. The summed E-state index contributed by atoms with van der Waals surface area (Å²) in [6, 6.07) is 7.08. The molecule has 0 saturated heterocycles. The zero-order valence-electron chi connectivity index (χ0n) is 14.3. The molecule has 22 heavy (non-hydrogen) atoms. The van der Waals surface area contributed by atoms with Gasteiger partial charge in [0.25, 0.3) is 5.91 Å². The summed E-state index contributed by atoms with van der Waals surface area (Å²) in [7, 11) is 1.59. The second-order valence-corrected chi connectivity index (χ2v) is 5.96. The van der Waals surface area contributed by atoms with E-state index < -0.39 is 0 Å². The van der Waals surface area contributed by atoms with Crippen molar-refractivity contribution in [3.8, 4) is 0 Å². The van der Waals surface area contributed by atoms with E-state index in [0.717, 1.165) is 5.69 Å². The van der Waals surface area contributed by atoms with E-state index in [0.29, 0.717) is 5.56 Å². The first kappa shape index (κ1) is 18.0. The molecule has 0 aliphatic carbocycles. The van der Waals surface area contributed by atoms with Gasteiger partial charge in [-0.05, 0) is 52.8 Å². The van der Waals surface area contributed by atoms with Crippen LogP contribution in [0.1, 0.15) is 45.0 Å². The average Bonchev–Trinajstić information content (AvgIpc) is 2.45. The van der Waals surface area contributed by atoms with Gasteiger partial charge in [-0.3, -0.25) is 9.59 Å². The Morgan fingerprint density at radius 3 is 2.14 bits per heavy atom. The number of nitrogens with zero attached hydrogens (tertiary/aromatic N) is 1. The summed E-state index contributed by atoms with van der Waals surface area (Å²) in [5.74, 6) is -0.0936. The van der Waals surface area contributed by atoms with Crippen LogP contribution in [0.25, 0.3) is 0 Å². The van der Waals surface area contributed by atoms with Crippen LogP contribution in [-0.4, -0.2) is 41.9 Å². The maximum absolute atomic E-state index is 12.6. The lowest BCUT2D eigenvalue weighted by atomic mass is 10.1. The van der Waals surface area contributed by atoms with Crippen molar-refractivity contribution in [2.75, 3.05) is 12.4 Å². The minimum absolute atomic E-state index is 0.0512. The number of hydrogen-bond acceptors (Lipinski definition) is 3. The maximum atomic E-state index is 12.6. The van der Waals surface area contributed by atoms with Crippen LogP contribution in [0.15, 0.2) is 24.3 Å². The summed E-state index contributed by atoms with van der Waals surface area (Å²) >= 11 is 0. The highest BCUT2D eigenvalue weighted by Crippen LogP contribution is 2.14. The van der Waals surface area contributed by atoms with Crippen molar-refractivity contribution in [3.63, 3.8) is 0 Å². The number of rotatable bonds is 6. The first-order chi connectivity index (χ1) is 10.3. The summed E-state index contributed by atoms with van der Waals surface area (Å²) in [6.07, 6.45) is 0. The molecule has 1 atom stereocenters. The molecule has 0 aromatic heterocycles. The highest BCUT2D eigenvalue weighted by atomic mass is 16.2. The zero-order valence-corrected chi connectivity index (χ0v) is 14.3. The average molecular weight is 305 g/mol. The molecule has 0 heterocycles. The largest absolute Gasteiger partial charge is 0.374 e. The fourth-order valence-corrected chi connectivity index (χ4v) is 2.54. The summed E-state index contributed by atoms with van der Waals surface area (Å²) < 4.78 is 0. The van der Waals surface area contributed by atoms with Gasteiger partial charge in [0.2, 0.25) is 5.91 Å². The number of carbonyl (C=O) groups excluding carboxylic acids is 2. The standard InChI is InChI=1S/C17H27N3O2/c1-11(2)20(12(3)4)17(22)13(5)19-15-9-7-8-14(10-15)16(21)18-6/h7-13,19H,1-6H3,(H,18,21). The van der Waals surface area contributed by atoms with Crippen LogP contribution in [0.2, 0.25) is 0 Å². The van der Waals surface area contributed by atoms with Gasteiger partial charge in [0, 0.05) is 30.4 Å². The minimum atomic E-state index is -0.357. The Hall–Kier alpha value is -2.04. The Bertz CT molecular complexity index is 518. The van der Waals surface area contributed by atoms with Crippen molar-refractivity contribution in [1.29, 1.82) is 0 Å². The molecule has 1 aromatic carbocycles. The molecule has 1 unspecified atom stereocenters. The number of amides is 2. The van der Waals surface area contributed by atoms with Crippen LogP contribution < -0.4 is 10.6 Å². The molecule has 0 fully saturated rings. The Morgan fingerprint density at radius 1 is 1.05 bits per heavy atom. The number of anilines is 1. The molecule has 0 aliphatic heterocycles. The topological polar surface area (TPSA) is 61.4 Å². The fraction of sp³-hybridized carbons (Fsp3) is 0.529. The molecular formula is C17H27N3O2. The molecule has 0 bridgehead atoms. The lowest BCUT2D eigenvalue weighted by molar-refractivity contribution is -0.135. The van der Waals surface area contributed by atoms with Gasteiger partial charge in [0.15, 0.2) is 0 Å². The maximum Gasteiger partial charge on any atom is 0.251 e. The first-order valence-electron chi connectivity index (χ1n) is 7.68. The predicted molar refractivity (Wildman–Crippen MR) is 90.0 cm³/mol. The Kier molecular flexibility index (Phi) is 6.40. The molecule has 0 saturated carbocycles. The van der Waals surface area contributed by atoms with E-state index in [-0.39, 0.29) is 29.9 Å². The van der Waals surface area contributed by atoms with E-state index in [9.17, 15) is 9.59 Å². The minimum Gasteiger partial charge on any atom is -0.374 e. The second-order valence-electron chi connectivity index (χ2n) is 5.96. The number of hydrogen-bond donors (Lipinski definition) is 2. The van der Waals surface area contributed by atoms with Crippen molar-refractivity contribution in [2.24, 2.45) is 0 Å². The van der Waals surface area contributed by atoms with Crippen LogP contribution in [0.4, 0.5) is 5.69 Å². The molecule has 1 aromatic rings. The highest BCUT2D eigenvalue weighted by Gasteiger charge is 2.25. The van der Waals surface area contributed by atoms with Crippen molar-refractivity contribution in [2.45, 2.75) is 52.7 Å². The first-order valence-corrected chi connectivity index (χ1v) is 7.68. The van der Waals surface area contributed by atoms with E-state index >= 15 is 0 Å². The molecule has 122 valence electrons. The number of carbonyl (C=O) groups is 2. The van der Waals surface area contributed by atoms with E-state index in [1.165, 1.54) is 0 Å². The van der Waals surface area contributed by atoms with Crippen LogP contribution in [0, 0.1) is 0 Å². The van der Waals surface area contributed by atoms with E-state index in [2.05, 4.69) is 10.6 Å². The summed E-state index contributed by atoms with van der Waals surface area (Å²) in [5, 5.41) is 5.77. The molecule has 5 heteroatoms. The van der Waals surface area contributed by atoms with Crippen LogP contribution in [-0.2, 0) is 4.79 Å². The molecule has 1 rings (SSSR count). The monoisotopic (exact) mass is 305 g/mol. The molecule has 2 N–H and O–H groups in total. The fourth-order valence-electron chi connectivity index (χ4n) is 2.54. The SMILES string of the molecule is CNC(=O)c1cccc(NC(C)C(=O)N(C(C)C)C(C)C)c1. The smallest absolute Gasteiger partial charge is 0.251 e. The van der Waals surface area contributed by atoms with Gasteiger partial charge < -0.3 is 15.5 Å². The summed E-state index contributed by atoms with van der Waals surface area (Å²) in [5.41, 5.74) is 1.33. The third kappa shape index (κ3) is 4.48. The van der Waals surface area contributed by atoms with Gasteiger partial charge in [-0.15, -0.1) is 0 Å². The molecule has 2 amide bonds. The van der Waals surface area contributed by atoms with Crippen LogP contribution >= 0.6 is 0 Å². The van der Waals surface area contributed by atoms with Gasteiger partial charge in [0.1, 0.15) is 6.04 Å². The molecule has 0 radical (unpaired) electrons. The van der Waals surface area contributed by atoms with Crippen molar-refractivity contribution >= 4 is 17.5 Å². The summed E-state index contributed by atoms with van der Waals surface area (Å²) in [4.78, 5) is 26.1. The van der Waals surface area contributed by atoms with Crippen molar-refractivity contribution in [3.05, 3.63) is 29.8 Å². The Balaban J connectivity index is 2.86. The van der Waals surface area contributed by atoms with Gasteiger partial charge in [-0.2, -0.15) is 0 Å². The lowest BCUT2D eigenvalue weighted by Crippen LogP contribution is -2.48. The van der Waals surface area contributed by atoms with Gasteiger partial charge in [0.05, 0.1) is 0 Å². The quantitative estimate of drug-likeness (QED) is 0.849. The normalized spacial score (nSPS) is 12.2. The number of benzene rings is 1. The third-order valence-corrected chi connectivity index (χ3v) is 3.47. The summed E-state index contributed by atoms with van der Waals surface area (Å²) in [6.45, 7) is 9.88. The van der Waals surface area contributed by atoms with E-state index in [4.69, 9.17) is 0 Å². The van der Waals surface area contributed by atoms with E-state index in [1.54, 1.807) is 25.2 Å². The van der Waals surface area contributed by atoms with Gasteiger partial charge in [-0.1, -0.05) is 6.07 Å².